The number of hydrogen-bond acceptors (Lipinski definition) is 4. The van der Waals surface area contributed by atoms with Crippen molar-refractivity contribution in [3.63, 3.8) is 0 Å². The Labute approximate surface area is 74.4 Å². The highest BCUT2D eigenvalue weighted by Crippen LogP contribution is 2.35. The Morgan fingerprint density at radius 2 is 2.08 bits per heavy atom. The van der Waals surface area contributed by atoms with E-state index in [0.717, 1.165) is 6.07 Å². The van der Waals surface area contributed by atoms with Crippen molar-refractivity contribution in [2.75, 3.05) is 0 Å². The van der Waals surface area contributed by atoms with Crippen molar-refractivity contribution in [1.29, 1.82) is 0 Å². The molecule has 0 atom stereocenters. The van der Waals surface area contributed by atoms with Gasteiger partial charge < -0.3 is 10.2 Å². The number of phenols is 2. The van der Waals surface area contributed by atoms with Crippen LogP contribution in [-0.4, -0.2) is 15.1 Å². The molecule has 0 saturated heterocycles. The molecular weight excluding hydrogens is 174 g/mol. The standard InChI is InChI=1S/C8H9NO4/c1-2-5-6(9(12)13)3-4-7(10)8(5)11/h3-4,10-11H,2H2,1H3. The molecule has 0 aliphatic rings. The minimum atomic E-state index is -0.585. The quantitative estimate of drug-likeness (QED) is 0.414. The fraction of sp³-hybridized carbons (Fsp3) is 0.250. The minimum Gasteiger partial charge on any atom is -0.504 e. The number of benzene rings is 1. The Hall–Kier alpha value is -1.78. The molecule has 0 aliphatic heterocycles. The van der Waals surface area contributed by atoms with Crippen molar-refractivity contribution in [3.05, 3.63) is 27.8 Å². The third-order valence-corrected chi connectivity index (χ3v) is 1.79. The molecule has 0 radical (unpaired) electrons. The van der Waals surface area contributed by atoms with Crippen LogP contribution in [0.1, 0.15) is 12.5 Å². The summed E-state index contributed by atoms with van der Waals surface area (Å²) in [5.74, 6) is -0.737. The summed E-state index contributed by atoms with van der Waals surface area (Å²) >= 11 is 0. The first-order valence-electron chi connectivity index (χ1n) is 3.76. The van der Waals surface area contributed by atoms with Gasteiger partial charge in [-0.05, 0) is 12.5 Å². The van der Waals surface area contributed by atoms with Crippen LogP contribution in [0.2, 0.25) is 0 Å². The number of nitro groups is 1. The number of aromatic hydroxyl groups is 2. The molecule has 5 heteroatoms. The zero-order chi connectivity index (χ0) is 10.0. The van der Waals surface area contributed by atoms with E-state index >= 15 is 0 Å². The van der Waals surface area contributed by atoms with Gasteiger partial charge in [0.2, 0.25) is 0 Å². The van der Waals surface area contributed by atoms with E-state index in [2.05, 4.69) is 0 Å². The molecule has 2 N–H and O–H groups in total. The predicted octanol–water partition coefficient (Wildman–Crippen LogP) is 1.57. The number of rotatable bonds is 2. The topological polar surface area (TPSA) is 83.6 Å². The molecule has 5 nitrogen and oxygen atoms in total. The van der Waals surface area contributed by atoms with Crippen molar-refractivity contribution >= 4 is 5.69 Å². The van der Waals surface area contributed by atoms with Crippen molar-refractivity contribution < 1.29 is 15.1 Å². The van der Waals surface area contributed by atoms with E-state index in [-0.39, 0.29) is 17.0 Å². The van der Waals surface area contributed by atoms with Crippen LogP contribution in [-0.2, 0) is 6.42 Å². The van der Waals surface area contributed by atoms with Gasteiger partial charge in [-0.3, -0.25) is 10.1 Å². The highest BCUT2D eigenvalue weighted by molar-refractivity contribution is 5.55. The van der Waals surface area contributed by atoms with Crippen LogP contribution < -0.4 is 0 Å². The SMILES string of the molecule is CCc1c([N+](=O)[O-])ccc(O)c1O. The lowest BCUT2D eigenvalue weighted by molar-refractivity contribution is -0.385. The van der Waals surface area contributed by atoms with E-state index in [1.54, 1.807) is 6.92 Å². The summed E-state index contributed by atoms with van der Waals surface area (Å²) in [4.78, 5) is 9.87. The van der Waals surface area contributed by atoms with Crippen molar-refractivity contribution in [3.8, 4) is 11.5 Å². The fourth-order valence-corrected chi connectivity index (χ4v) is 1.13. The minimum absolute atomic E-state index is 0.157. The van der Waals surface area contributed by atoms with E-state index in [4.69, 9.17) is 5.11 Å². The summed E-state index contributed by atoms with van der Waals surface area (Å²) in [6, 6.07) is 2.28. The van der Waals surface area contributed by atoms with E-state index in [1.165, 1.54) is 6.07 Å². The molecule has 1 aromatic rings. The zero-order valence-electron chi connectivity index (χ0n) is 7.02. The van der Waals surface area contributed by atoms with Crippen molar-refractivity contribution in [2.45, 2.75) is 13.3 Å². The second kappa shape index (κ2) is 3.30. The van der Waals surface area contributed by atoms with Gasteiger partial charge in [0.1, 0.15) is 0 Å². The normalized spacial score (nSPS) is 9.92. The summed E-state index contributed by atoms with van der Waals surface area (Å²) in [6.07, 6.45) is 0.302. The van der Waals surface area contributed by atoms with E-state index in [0.29, 0.717) is 6.42 Å². The predicted molar refractivity (Wildman–Crippen MR) is 45.8 cm³/mol. The van der Waals surface area contributed by atoms with Gasteiger partial charge in [-0.25, -0.2) is 0 Å². The molecule has 1 aromatic carbocycles. The van der Waals surface area contributed by atoms with Gasteiger partial charge in [-0.15, -0.1) is 0 Å². The summed E-state index contributed by atoms with van der Waals surface area (Å²) in [6.45, 7) is 1.67. The molecule has 0 aromatic heterocycles. The van der Waals surface area contributed by atoms with E-state index in [9.17, 15) is 15.2 Å². The van der Waals surface area contributed by atoms with Gasteiger partial charge in [-0.2, -0.15) is 0 Å². The highest BCUT2D eigenvalue weighted by atomic mass is 16.6. The van der Waals surface area contributed by atoms with Crippen LogP contribution in [0.15, 0.2) is 12.1 Å². The zero-order valence-corrected chi connectivity index (χ0v) is 7.02. The Bertz CT molecular complexity index is 348. The molecule has 0 fully saturated rings. The highest BCUT2D eigenvalue weighted by Gasteiger charge is 2.18. The first kappa shape index (κ1) is 9.31. The molecule has 13 heavy (non-hydrogen) atoms. The summed E-state index contributed by atoms with van der Waals surface area (Å²) in [5, 5.41) is 28.8. The van der Waals surface area contributed by atoms with Gasteiger partial charge in [0.05, 0.1) is 10.5 Å². The molecule has 0 bridgehead atoms. The van der Waals surface area contributed by atoms with Crippen LogP contribution in [0, 0.1) is 10.1 Å². The Morgan fingerprint density at radius 1 is 1.46 bits per heavy atom. The van der Waals surface area contributed by atoms with E-state index in [1.807, 2.05) is 0 Å². The van der Waals surface area contributed by atoms with Crippen LogP contribution in [0.3, 0.4) is 0 Å². The second-order valence-electron chi connectivity index (χ2n) is 2.54. The molecule has 0 aliphatic carbocycles. The van der Waals surface area contributed by atoms with E-state index < -0.39 is 10.7 Å². The number of hydrogen-bond donors (Lipinski definition) is 2. The molecule has 70 valence electrons. The van der Waals surface area contributed by atoms with Crippen LogP contribution in [0.25, 0.3) is 0 Å². The maximum absolute atomic E-state index is 10.5. The average Bonchev–Trinajstić information content (AvgIpc) is 2.09. The average molecular weight is 183 g/mol. The Kier molecular flexibility index (Phi) is 2.36. The molecule has 0 heterocycles. The summed E-state index contributed by atoms with van der Waals surface area (Å²) < 4.78 is 0. The molecule has 0 spiro atoms. The molecule has 0 saturated carbocycles. The lowest BCUT2D eigenvalue weighted by Gasteiger charge is -2.03. The van der Waals surface area contributed by atoms with Crippen LogP contribution in [0.5, 0.6) is 11.5 Å². The first-order valence-corrected chi connectivity index (χ1v) is 3.76. The largest absolute Gasteiger partial charge is 0.504 e. The third-order valence-electron chi connectivity index (χ3n) is 1.79. The Balaban J connectivity index is 3.38. The first-order chi connectivity index (χ1) is 6.07. The van der Waals surface area contributed by atoms with Crippen LogP contribution >= 0.6 is 0 Å². The monoisotopic (exact) mass is 183 g/mol. The van der Waals surface area contributed by atoms with Crippen LogP contribution in [0.4, 0.5) is 5.69 Å². The Morgan fingerprint density at radius 3 is 2.54 bits per heavy atom. The number of nitro benzene ring substituents is 1. The second-order valence-corrected chi connectivity index (χ2v) is 2.54. The molecule has 1 rings (SSSR count). The number of phenolic OH excluding ortho intramolecular Hbond substituents is 2. The third kappa shape index (κ3) is 1.53. The summed E-state index contributed by atoms with van der Waals surface area (Å²) in [5.41, 5.74) is -0.0113. The smallest absolute Gasteiger partial charge is 0.276 e. The maximum atomic E-state index is 10.5. The molecule has 0 amide bonds. The molecule has 0 unspecified atom stereocenters. The lowest BCUT2D eigenvalue weighted by atomic mass is 10.1. The van der Waals surface area contributed by atoms with Crippen molar-refractivity contribution in [2.24, 2.45) is 0 Å². The van der Waals surface area contributed by atoms with Gasteiger partial charge in [0.15, 0.2) is 11.5 Å². The van der Waals surface area contributed by atoms with Gasteiger partial charge in [0.25, 0.3) is 5.69 Å². The maximum Gasteiger partial charge on any atom is 0.276 e. The molecular formula is C8H9NO4. The lowest BCUT2D eigenvalue weighted by Crippen LogP contribution is -1.94. The van der Waals surface area contributed by atoms with Gasteiger partial charge in [-0.1, -0.05) is 6.92 Å². The van der Waals surface area contributed by atoms with Crippen molar-refractivity contribution in [1.82, 2.24) is 0 Å². The van der Waals surface area contributed by atoms with Gasteiger partial charge >= 0.3 is 0 Å². The summed E-state index contributed by atoms with van der Waals surface area (Å²) in [7, 11) is 0. The fourth-order valence-electron chi connectivity index (χ4n) is 1.13. The van der Waals surface area contributed by atoms with Gasteiger partial charge in [0, 0.05) is 6.07 Å². The number of nitrogens with zero attached hydrogens (tertiary/aromatic N) is 1.